The molecule has 2 rings (SSSR count). The van der Waals surface area contributed by atoms with E-state index in [9.17, 15) is 13.2 Å². The predicted molar refractivity (Wildman–Crippen MR) is 94.1 cm³/mol. The van der Waals surface area contributed by atoms with Crippen molar-refractivity contribution >= 4 is 27.3 Å². The average Bonchev–Trinajstić information content (AvgIpc) is 2.98. The van der Waals surface area contributed by atoms with Crippen LogP contribution in [0.3, 0.4) is 0 Å². The van der Waals surface area contributed by atoms with Crippen LogP contribution in [0.25, 0.3) is 0 Å². The van der Waals surface area contributed by atoms with Crippen LogP contribution in [0, 0.1) is 0 Å². The number of sulfonamides is 1. The van der Waals surface area contributed by atoms with Gasteiger partial charge < -0.3 is 10.2 Å². The van der Waals surface area contributed by atoms with Crippen molar-refractivity contribution in [2.75, 3.05) is 13.6 Å². The van der Waals surface area contributed by atoms with Gasteiger partial charge in [0.1, 0.15) is 6.54 Å². The van der Waals surface area contributed by atoms with Gasteiger partial charge in [0.25, 0.3) is 5.91 Å². The first kappa shape index (κ1) is 18.6. The second-order valence-electron chi connectivity index (χ2n) is 5.85. The molecule has 0 fully saturated rings. The Kier molecular flexibility index (Phi) is 6.11. The molecule has 1 amide bonds. The first-order valence-corrected chi connectivity index (χ1v) is 9.99. The minimum absolute atomic E-state index is 0.0502. The van der Waals surface area contributed by atoms with Gasteiger partial charge in [0.15, 0.2) is 6.54 Å². The van der Waals surface area contributed by atoms with E-state index in [0.29, 0.717) is 6.54 Å². The lowest BCUT2D eigenvalue weighted by Crippen LogP contribution is -3.08. The lowest BCUT2D eigenvalue weighted by atomic mass is 10.1. The maximum atomic E-state index is 12.1. The molecule has 0 bridgehead atoms. The number of nitrogens with two attached hydrogens (primary N) is 1. The summed E-state index contributed by atoms with van der Waals surface area (Å²) in [6, 6.07) is 8.06. The molecule has 0 spiro atoms. The van der Waals surface area contributed by atoms with E-state index in [4.69, 9.17) is 5.14 Å². The fraction of sp³-hybridized carbons (Fsp3) is 0.312. The molecule has 1 aromatic carbocycles. The van der Waals surface area contributed by atoms with Crippen molar-refractivity contribution in [3.63, 3.8) is 0 Å². The summed E-state index contributed by atoms with van der Waals surface area (Å²) in [5.41, 5.74) is 2.04. The van der Waals surface area contributed by atoms with Gasteiger partial charge in [-0.2, -0.15) is 11.3 Å². The van der Waals surface area contributed by atoms with E-state index >= 15 is 0 Å². The van der Waals surface area contributed by atoms with Crippen LogP contribution < -0.4 is 15.4 Å². The number of hydrogen-bond donors (Lipinski definition) is 3. The van der Waals surface area contributed by atoms with Gasteiger partial charge in [-0.15, -0.1) is 0 Å². The molecule has 8 heteroatoms. The number of amides is 1. The monoisotopic (exact) mass is 368 g/mol. The number of rotatable bonds is 7. The number of nitrogens with one attached hydrogen (secondary N) is 2. The number of hydrogen-bond acceptors (Lipinski definition) is 4. The Morgan fingerprint density at radius 3 is 2.50 bits per heavy atom. The number of likely N-dealkylation sites (N-methyl/N-ethyl adjacent to an activating group) is 1. The van der Waals surface area contributed by atoms with Crippen LogP contribution in [-0.4, -0.2) is 27.9 Å². The number of thiophene rings is 1. The number of carbonyl (C=O) groups is 1. The Balaban J connectivity index is 1.89. The Morgan fingerprint density at radius 1 is 1.29 bits per heavy atom. The van der Waals surface area contributed by atoms with Crippen molar-refractivity contribution < 1.29 is 18.1 Å². The van der Waals surface area contributed by atoms with Gasteiger partial charge in [0.05, 0.1) is 18.0 Å². The molecule has 0 radical (unpaired) electrons. The minimum atomic E-state index is -3.70. The van der Waals surface area contributed by atoms with Crippen LogP contribution in [-0.2, 0) is 21.4 Å². The van der Waals surface area contributed by atoms with Crippen molar-refractivity contribution in [2.24, 2.45) is 5.14 Å². The lowest BCUT2D eigenvalue weighted by Gasteiger charge is -2.17. The largest absolute Gasteiger partial charge is 0.345 e. The normalized spacial score (nSPS) is 14.1. The van der Waals surface area contributed by atoms with E-state index in [-0.39, 0.29) is 16.8 Å². The lowest BCUT2D eigenvalue weighted by molar-refractivity contribution is -0.885. The average molecular weight is 369 g/mol. The molecule has 2 atom stereocenters. The first-order chi connectivity index (χ1) is 11.3. The molecular formula is C16H22N3O3S2+. The first-order valence-electron chi connectivity index (χ1n) is 7.50. The summed E-state index contributed by atoms with van der Waals surface area (Å²) in [4.78, 5) is 13.3. The SMILES string of the molecule is C[C@H](NC(=O)C[NH+](C)Cc1ccsc1)c1ccc(S(N)(=O)=O)cc1. The molecule has 0 saturated carbocycles. The number of carbonyl (C=O) groups excluding carboxylic acids is 1. The van der Waals surface area contributed by atoms with Gasteiger partial charge in [0.2, 0.25) is 10.0 Å². The number of quaternary nitrogens is 1. The highest BCUT2D eigenvalue weighted by molar-refractivity contribution is 7.89. The Bertz CT molecular complexity index is 771. The quantitative estimate of drug-likeness (QED) is 0.656. The van der Waals surface area contributed by atoms with Gasteiger partial charge in [-0.25, -0.2) is 13.6 Å². The molecule has 0 aliphatic carbocycles. The second-order valence-corrected chi connectivity index (χ2v) is 8.19. The molecule has 2 aromatic rings. The zero-order valence-electron chi connectivity index (χ0n) is 13.7. The highest BCUT2D eigenvalue weighted by atomic mass is 32.2. The summed E-state index contributed by atoms with van der Waals surface area (Å²) in [6.07, 6.45) is 0. The Morgan fingerprint density at radius 2 is 1.96 bits per heavy atom. The van der Waals surface area contributed by atoms with Crippen molar-refractivity contribution in [3.8, 4) is 0 Å². The van der Waals surface area contributed by atoms with Crippen LogP contribution >= 0.6 is 11.3 Å². The molecule has 6 nitrogen and oxygen atoms in total. The molecule has 4 N–H and O–H groups in total. The summed E-state index contributed by atoms with van der Waals surface area (Å²) >= 11 is 1.65. The summed E-state index contributed by atoms with van der Waals surface area (Å²) in [5, 5.41) is 12.1. The molecule has 24 heavy (non-hydrogen) atoms. The van der Waals surface area contributed by atoms with Gasteiger partial charge in [0, 0.05) is 5.56 Å². The van der Waals surface area contributed by atoms with Crippen LogP contribution in [0.2, 0.25) is 0 Å². The standard InChI is InChI=1S/C16H21N3O3S2/c1-12(14-3-5-15(6-4-14)24(17,21)22)18-16(20)10-19(2)9-13-7-8-23-11-13/h3-8,11-12H,9-10H2,1-2H3,(H,18,20)(H2,17,21,22)/p+1/t12-/m0/s1. The van der Waals surface area contributed by atoms with Gasteiger partial charge in [-0.3, -0.25) is 4.79 Å². The summed E-state index contributed by atoms with van der Waals surface area (Å²) in [7, 11) is -1.72. The predicted octanol–water partition coefficient (Wildman–Crippen LogP) is 0.288. The third-order valence-corrected chi connectivity index (χ3v) is 5.30. The van der Waals surface area contributed by atoms with E-state index in [2.05, 4.69) is 16.8 Å². The fourth-order valence-corrected chi connectivity index (χ4v) is 3.58. The van der Waals surface area contributed by atoms with Crippen LogP contribution in [0.15, 0.2) is 46.0 Å². The molecular weight excluding hydrogens is 346 g/mol. The van der Waals surface area contributed by atoms with Crippen molar-refractivity contribution in [3.05, 3.63) is 52.2 Å². The highest BCUT2D eigenvalue weighted by Gasteiger charge is 2.15. The summed E-state index contributed by atoms with van der Waals surface area (Å²) < 4.78 is 22.5. The summed E-state index contributed by atoms with van der Waals surface area (Å²) in [5.74, 6) is -0.0502. The van der Waals surface area contributed by atoms with Crippen molar-refractivity contribution in [2.45, 2.75) is 24.4 Å². The van der Waals surface area contributed by atoms with E-state index in [1.54, 1.807) is 23.5 Å². The van der Waals surface area contributed by atoms with Gasteiger partial charge in [-0.05, 0) is 41.4 Å². The maximum Gasteiger partial charge on any atom is 0.275 e. The zero-order chi connectivity index (χ0) is 17.7. The van der Waals surface area contributed by atoms with Crippen molar-refractivity contribution in [1.82, 2.24) is 5.32 Å². The van der Waals surface area contributed by atoms with Crippen LogP contribution in [0.5, 0.6) is 0 Å². The number of benzene rings is 1. The van der Waals surface area contributed by atoms with E-state index in [1.807, 2.05) is 19.4 Å². The molecule has 0 saturated heterocycles. The van der Waals surface area contributed by atoms with Crippen LogP contribution in [0.4, 0.5) is 0 Å². The van der Waals surface area contributed by atoms with E-state index < -0.39 is 10.0 Å². The third-order valence-electron chi connectivity index (χ3n) is 3.63. The van der Waals surface area contributed by atoms with Gasteiger partial charge in [-0.1, -0.05) is 12.1 Å². The highest BCUT2D eigenvalue weighted by Crippen LogP contribution is 2.15. The smallest absolute Gasteiger partial charge is 0.275 e. The molecule has 130 valence electrons. The van der Waals surface area contributed by atoms with E-state index in [1.165, 1.54) is 17.7 Å². The minimum Gasteiger partial charge on any atom is -0.345 e. The molecule has 1 aromatic heterocycles. The Labute approximate surface area is 146 Å². The molecule has 1 heterocycles. The molecule has 0 aliphatic rings. The number of primary sulfonamides is 1. The van der Waals surface area contributed by atoms with E-state index in [0.717, 1.165) is 17.0 Å². The zero-order valence-corrected chi connectivity index (χ0v) is 15.3. The molecule has 1 unspecified atom stereocenters. The second kappa shape index (κ2) is 7.89. The molecule has 0 aliphatic heterocycles. The maximum absolute atomic E-state index is 12.1. The third kappa shape index (κ3) is 5.41. The summed E-state index contributed by atoms with van der Waals surface area (Å²) in [6.45, 7) is 3.03. The van der Waals surface area contributed by atoms with Crippen LogP contribution in [0.1, 0.15) is 24.1 Å². The van der Waals surface area contributed by atoms with Crippen molar-refractivity contribution in [1.29, 1.82) is 0 Å². The Hall–Kier alpha value is -1.74. The van der Waals surface area contributed by atoms with Gasteiger partial charge >= 0.3 is 0 Å². The topological polar surface area (TPSA) is 93.7 Å². The fourth-order valence-electron chi connectivity index (χ4n) is 2.40.